The predicted molar refractivity (Wildman–Crippen MR) is 124 cm³/mol. The van der Waals surface area contributed by atoms with Crippen LogP contribution in [0, 0.1) is 13.8 Å². The summed E-state index contributed by atoms with van der Waals surface area (Å²) in [4.78, 5) is 0. The molecule has 0 bridgehead atoms. The molecule has 0 aliphatic heterocycles. The van der Waals surface area contributed by atoms with Gasteiger partial charge in [0.15, 0.2) is 0 Å². The summed E-state index contributed by atoms with van der Waals surface area (Å²) in [6, 6.07) is 22.1. The van der Waals surface area contributed by atoms with E-state index in [4.69, 9.17) is 10.2 Å². The van der Waals surface area contributed by atoms with E-state index in [2.05, 4.69) is 39.8 Å². The number of phenols is 2. The lowest BCUT2D eigenvalue weighted by Crippen LogP contribution is -1.93. The van der Waals surface area contributed by atoms with Crippen molar-refractivity contribution in [2.75, 3.05) is 0 Å². The van der Waals surface area contributed by atoms with Gasteiger partial charge in [-0.3, -0.25) is 0 Å². The molecule has 0 saturated carbocycles. The van der Waals surface area contributed by atoms with E-state index in [-0.39, 0.29) is 14.9 Å². The first-order chi connectivity index (χ1) is 12.5. The van der Waals surface area contributed by atoms with Crippen LogP contribution in [0.5, 0.6) is 11.5 Å². The summed E-state index contributed by atoms with van der Waals surface area (Å²) in [7, 11) is 0. The Hall–Kier alpha value is -2.74. The number of rotatable bonds is 2. The molecule has 0 saturated heterocycles. The van der Waals surface area contributed by atoms with Crippen molar-refractivity contribution in [1.82, 2.24) is 0 Å². The van der Waals surface area contributed by atoms with Gasteiger partial charge in [-0.2, -0.15) is 0 Å². The Morgan fingerprint density at radius 1 is 0.571 bits per heavy atom. The van der Waals surface area contributed by atoms with Crippen molar-refractivity contribution >= 4 is 0 Å². The third-order valence-corrected chi connectivity index (χ3v) is 4.07. The Bertz CT molecular complexity index is 687. The smallest absolute Gasteiger partial charge is 0.115 e. The number of aryl methyl sites for hydroxylation is 4. The first-order valence-corrected chi connectivity index (χ1v) is 9.04. The summed E-state index contributed by atoms with van der Waals surface area (Å²) >= 11 is 0. The minimum absolute atomic E-state index is 0. The number of hydrogen-bond donors (Lipinski definition) is 2. The number of benzene rings is 3. The van der Waals surface area contributed by atoms with Gasteiger partial charge in [-0.25, -0.2) is 0 Å². The molecular formula is C26H38O2. The summed E-state index contributed by atoms with van der Waals surface area (Å²) in [6.07, 6.45) is 2.30. The van der Waals surface area contributed by atoms with Crippen LogP contribution in [0.3, 0.4) is 0 Å². The molecule has 0 heterocycles. The zero-order valence-corrected chi connectivity index (χ0v) is 16.2. The Kier molecular flexibility index (Phi) is 15.0. The minimum Gasteiger partial charge on any atom is -0.508 e. The van der Waals surface area contributed by atoms with Gasteiger partial charge < -0.3 is 10.2 Å². The van der Waals surface area contributed by atoms with Crippen molar-refractivity contribution in [3.05, 3.63) is 95.1 Å². The van der Waals surface area contributed by atoms with E-state index in [9.17, 15) is 0 Å². The maximum atomic E-state index is 8.63. The van der Waals surface area contributed by atoms with Crippen LogP contribution in [0.2, 0.25) is 0 Å². The second-order valence-electron chi connectivity index (χ2n) is 6.08. The molecule has 0 atom stereocenters. The average Bonchev–Trinajstić information content (AvgIpc) is 2.64. The number of para-hydroxylation sites is 2. The van der Waals surface area contributed by atoms with Crippen LogP contribution in [0.1, 0.15) is 51.0 Å². The molecule has 0 aliphatic carbocycles. The van der Waals surface area contributed by atoms with Crippen LogP contribution >= 0.6 is 0 Å². The highest BCUT2D eigenvalue weighted by atomic mass is 16.3. The van der Waals surface area contributed by atoms with Crippen LogP contribution < -0.4 is 0 Å². The molecule has 0 spiro atoms. The van der Waals surface area contributed by atoms with Gasteiger partial charge in [-0.1, -0.05) is 77.2 Å². The lowest BCUT2D eigenvalue weighted by atomic mass is 9.97. The Balaban J connectivity index is 0. The van der Waals surface area contributed by atoms with Crippen LogP contribution in [0.15, 0.2) is 72.8 Å². The van der Waals surface area contributed by atoms with Crippen molar-refractivity contribution in [1.29, 1.82) is 0 Å². The normalized spacial score (nSPS) is 8.71. The monoisotopic (exact) mass is 382 g/mol. The molecule has 2 nitrogen and oxygen atoms in total. The molecule has 0 unspecified atom stereocenters. The number of hydrogen-bond acceptors (Lipinski definition) is 2. The second-order valence-corrected chi connectivity index (χ2v) is 6.08. The summed E-state index contributed by atoms with van der Waals surface area (Å²) in [6.45, 7) is 8.84. The minimum atomic E-state index is 0. The fourth-order valence-corrected chi connectivity index (χ4v) is 2.57. The van der Waals surface area contributed by atoms with E-state index < -0.39 is 0 Å². The second kappa shape index (κ2) is 15.3. The van der Waals surface area contributed by atoms with Crippen molar-refractivity contribution < 1.29 is 10.2 Å². The molecule has 0 aliphatic rings. The van der Waals surface area contributed by atoms with Crippen LogP contribution in [0.4, 0.5) is 0 Å². The first kappa shape index (κ1) is 27.5. The molecule has 3 rings (SSSR count). The molecule has 28 heavy (non-hydrogen) atoms. The highest BCUT2D eigenvalue weighted by Gasteiger charge is 2.00. The molecule has 3 aromatic rings. The Labute approximate surface area is 172 Å². The maximum absolute atomic E-state index is 8.63. The molecule has 0 fully saturated rings. The fraction of sp³-hybridized carbons (Fsp3) is 0.308. The topological polar surface area (TPSA) is 40.5 Å². The van der Waals surface area contributed by atoms with Crippen LogP contribution in [0.25, 0.3) is 0 Å². The van der Waals surface area contributed by atoms with E-state index in [1.807, 2.05) is 12.1 Å². The average molecular weight is 383 g/mol. The van der Waals surface area contributed by atoms with E-state index >= 15 is 0 Å². The van der Waals surface area contributed by atoms with Gasteiger partial charge in [-0.05, 0) is 73.2 Å². The standard InChI is InChI=1S/C12H18.2C6H6O.2CH4/c1-5-11-8-12(6-2)10(4)7-9(11)3;2*7-6-4-2-1-3-5-6;;/h7-8H,5-6H2,1-4H3;2*1-5,7H;2*1H4. The van der Waals surface area contributed by atoms with Crippen LogP contribution in [-0.2, 0) is 12.8 Å². The van der Waals surface area contributed by atoms with Gasteiger partial charge in [0.25, 0.3) is 0 Å². The highest BCUT2D eigenvalue weighted by Crippen LogP contribution is 2.16. The molecule has 2 N–H and O–H groups in total. The third kappa shape index (κ3) is 10.4. The van der Waals surface area contributed by atoms with E-state index in [0.29, 0.717) is 11.5 Å². The molecule has 154 valence electrons. The van der Waals surface area contributed by atoms with E-state index in [0.717, 1.165) is 12.8 Å². The quantitative estimate of drug-likeness (QED) is 0.482. The molecular weight excluding hydrogens is 344 g/mol. The lowest BCUT2D eigenvalue weighted by molar-refractivity contribution is 0.475. The zero-order chi connectivity index (χ0) is 19.4. The van der Waals surface area contributed by atoms with E-state index in [1.54, 1.807) is 48.5 Å². The highest BCUT2D eigenvalue weighted by molar-refractivity contribution is 5.37. The molecule has 0 aromatic heterocycles. The van der Waals surface area contributed by atoms with Gasteiger partial charge >= 0.3 is 0 Å². The summed E-state index contributed by atoms with van der Waals surface area (Å²) in [5.74, 6) is 0.644. The largest absolute Gasteiger partial charge is 0.508 e. The Morgan fingerprint density at radius 3 is 1.11 bits per heavy atom. The predicted octanol–water partition coefficient (Wildman–Crippen LogP) is 7.48. The zero-order valence-electron chi connectivity index (χ0n) is 16.2. The van der Waals surface area contributed by atoms with Gasteiger partial charge in [0, 0.05) is 0 Å². The van der Waals surface area contributed by atoms with Crippen molar-refractivity contribution in [2.45, 2.75) is 55.4 Å². The molecule has 0 radical (unpaired) electrons. The van der Waals surface area contributed by atoms with Crippen molar-refractivity contribution in [3.8, 4) is 11.5 Å². The number of phenolic OH excluding ortho intramolecular Hbond substituents is 2. The number of aromatic hydroxyl groups is 2. The van der Waals surface area contributed by atoms with Crippen molar-refractivity contribution in [2.24, 2.45) is 0 Å². The summed E-state index contributed by atoms with van der Waals surface area (Å²) in [5.41, 5.74) is 5.87. The molecule has 2 heteroatoms. The summed E-state index contributed by atoms with van der Waals surface area (Å²) in [5, 5.41) is 17.3. The fourth-order valence-electron chi connectivity index (χ4n) is 2.57. The van der Waals surface area contributed by atoms with Gasteiger partial charge in [0.2, 0.25) is 0 Å². The van der Waals surface area contributed by atoms with Gasteiger partial charge in [0.05, 0.1) is 0 Å². The van der Waals surface area contributed by atoms with E-state index in [1.165, 1.54) is 22.3 Å². The maximum Gasteiger partial charge on any atom is 0.115 e. The SMILES string of the molecule is C.C.CCc1cc(CC)c(C)cc1C.Oc1ccccc1.Oc1ccccc1. The molecule has 0 amide bonds. The Morgan fingerprint density at radius 2 is 0.893 bits per heavy atom. The first-order valence-electron chi connectivity index (χ1n) is 9.04. The van der Waals surface area contributed by atoms with Crippen LogP contribution in [-0.4, -0.2) is 10.2 Å². The van der Waals surface area contributed by atoms with Crippen molar-refractivity contribution in [3.63, 3.8) is 0 Å². The summed E-state index contributed by atoms with van der Waals surface area (Å²) < 4.78 is 0. The van der Waals surface area contributed by atoms with Gasteiger partial charge in [-0.15, -0.1) is 0 Å². The lowest BCUT2D eigenvalue weighted by Gasteiger charge is -2.09. The molecule has 3 aromatic carbocycles. The third-order valence-electron chi connectivity index (χ3n) is 4.07. The van der Waals surface area contributed by atoms with Gasteiger partial charge in [0.1, 0.15) is 11.5 Å².